The SMILES string of the molecule is CC1CN(C(C)CNC2CCCC2)CCCO1. The Morgan fingerprint density at radius 2 is 2.06 bits per heavy atom. The summed E-state index contributed by atoms with van der Waals surface area (Å²) in [6.07, 6.45) is 7.17. The Bertz CT molecular complexity index is 216. The minimum atomic E-state index is 0.395. The summed E-state index contributed by atoms with van der Waals surface area (Å²) in [5, 5.41) is 3.73. The molecule has 0 aromatic carbocycles. The van der Waals surface area contributed by atoms with Gasteiger partial charge in [0.15, 0.2) is 0 Å². The Balaban J connectivity index is 1.71. The second kappa shape index (κ2) is 6.72. The van der Waals surface area contributed by atoms with E-state index in [1.165, 1.54) is 38.6 Å². The van der Waals surface area contributed by atoms with Crippen molar-refractivity contribution in [1.29, 1.82) is 0 Å². The van der Waals surface area contributed by atoms with Gasteiger partial charge in [-0.3, -0.25) is 4.90 Å². The van der Waals surface area contributed by atoms with Gasteiger partial charge in [0.1, 0.15) is 0 Å². The fraction of sp³-hybridized carbons (Fsp3) is 1.00. The highest BCUT2D eigenvalue weighted by Crippen LogP contribution is 2.18. The molecule has 1 aliphatic carbocycles. The van der Waals surface area contributed by atoms with Crippen LogP contribution in [0.2, 0.25) is 0 Å². The maximum absolute atomic E-state index is 5.70. The van der Waals surface area contributed by atoms with Gasteiger partial charge in [0.25, 0.3) is 0 Å². The van der Waals surface area contributed by atoms with Gasteiger partial charge in [-0.1, -0.05) is 12.8 Å². The lowest BCUT2D eigenvalue weighted by Crippen LogP contribution is -2.45. The summed E-state index contributed by atoms with van der Waals surface area (Å²) in [5.74, 6) is 0. The van der Waals surface area contributed by atoms with Crippen LogP contribution in [0, 0.1) is 0 Å². The Labute approximate surface area is 106 Å². The predicted molar refractivity (Wildman–Crippen MR) is 71.3 cm³/mol. The molecule has 1 saturated heterocycles. The van der Waals surface area contributed by atoms with Crippen LogP contribution < -0.4 is 5.32 Å². The van der Waals surface area contributed by atoms with Crippen molar-refractivity contribution in [2.45, 2.75) is 64.1 Å². The van der Waals surface area contributed by atoms with E-state index in [0.29, 0.717) is 12.1 Å². The molecule has 2 aliphatic rings. The van der Waals surface area contributed by atoms with E-state index in [-0.39, 0.29) is 0 Å². The summed E-state index contributed by atoms with van der Waals surface area (Å²) in [6.45, 7) is 8.89. The van der Waals surface area contributed by atoms with Gasteiger partial charge in [-0.2, -0.15) is 0 Å². The van der Waals surface area contributed by atoms with Crippen LogP contribution in [0.4, 0.5) is 0 Å². The molecule has 2 unspecified atom stereocenters. The second-order valence-electron chi connectivity index (χ2n) is 5.77. The molecular formula is C14H28N2O. The monoisotopic (exact) mass is 240 g/mol. The van der Waals surface area contributed by atoms with Crippen molar-refractivity contribution in [3.63, 3.8) is 0 Å². The number of nitrogens with zero attached hydrogens (tertiary/aromatic N) is 1. The van der Waals surface area contributed by atoms with Crippen molar-refractivity contribution in [2.75, 3.05) is 26.2 Å². The summed E-state index contributed by atoms with van der Waals surface area (Å²) < 4.78 is 5.70. The van der Waals surface area contributed by atoms with Crippen LogP contribution in [0.15, 0.2) is 0 Å². The first kappa shape index (κ1) is 13.3. The van der Waals surface area contributed by atoms with Crippen molar-refractivity contribution in [2.24, 2.45) is 0 Å². The van der Waals surface area contributed by atoms with Crippen molar-refractivity contribution in [3.8, 4) is 0 Å². The lowest BCUT2D eigenvalue weighted by atomic mass is 10.2. The molecule has 100 valence electrons. The molecule has 3 nitrogen and oxygen atoms in total. The molecule has 0 radical (unpaired) electrons. The first-order valence-electron chi connectivity index (χ1n) is 7.34. The van der Waals surface area contributed by atoms with E-state index in [0.717, 1.165) is 25.7 Å². The topological polar surface area (TPSA) is 24.5 Å². The summed E-state index contributed by atoms with van der Waals surface area (Å²) in [6, 6.07) is 1.43. The molecule has 0 bridgehead atoms. The average molecular weight is 240 g/mol. The van der Waals surface area contributed by atoms with Crippen LogP contribution in [0.25, 0.3) is 0 Å². The van der Waals surface area contributed by atoms with E-state index >= 15 is 0 Å². The fourth-order valence-corrected chi connectivity index (χ4v) is 3.02. The van der Waals surface area contributed by atoms with Gasteiger partial charge in [-0.25, -0.2) is 0 Å². The zero-order chi connectivity index (χ0) is 12.1. The number of hydrogen-bond donors (Lipinski definition) is 1. The van der Waals surface area contributed by atoms with Gasteiger partial charge in [0.05, 0.1) is 6.10 Å². The zero-order valence-corrected chi connectivity index (χ0v) is 11.5. The molecule has 1 heterocycles. The smallest absolute Gasteiger partial charge is 0.0674 e. The maximum atomic E-state index is 5.70. The van der Waals surface area contributed by atoms with Gasteiger partial charge >= 0.3 is 0 Å². The third-order valence-corrected chi connectivity index (χ3v) is 4.16. The largest absolute Gasteiger partial charge is 0.377 e. The molecule has 0 spiro atoms. The van der Waals surface area contributed by atoms with Gasteiger partial charge in [0, 0.05) is 38.3 Å². The molecule has 3 heteroatoms. The molecule has 17 heavy (non-hydrogen) atoms. The Hall–Kier alpha value is -0.120. The van der Waals surface area contributed by atoms with E-state index in [1.54, 1.807) is 0 Å². The second-order valence-corrected chi connectivity index (χ2v) is 5.77. The van der Waals surface area contributed by atoms with Crippen LogP contribution in [0.5, 0.6) is 0 Å². The van der Waals surface area contributed by atoms with Crippen molar-refractivity contribution in [3.05, 3.63) is 0 Å². The lowest BCUT2D eigenvalue weighted by Gasteiger charge is -2.29. The summed E-state index contributed by atoms with van der Waals surface area (Å²) in [5.41, 5.74) is 0. The van der Waals surface area contributed by atoms with E-state index in [4.69, 9.17) is 4.74 Å². The van der Waals surface area contributed by atoms with Crippen LogP contribution >= 0.6 is 0 Å². The first-order chi connectivity index (χ1) is 8.25. The molecule has 2 rings (SSSR count). The molecule has 1 saturated carbocycles. The van der Waals surface area contributed by atoms with Gasteiger partial charge in [0.2, 0.25) is 0 Å². The summed E-state index contributed by atoms with van der Waals surface area (Å²) in [7, 11) is 0. The summed E-state index contributed by atoms with van der Waals surface area (Å²) >= 11 is 0. The van der Waals surface area contributed by atoms with Crippen molar-refractivity contribution < 1.29 is 4.74 Å². The van der Waals surface area contributed by atoms with E-state index in [1.807, 2.05) is 0 Å². The van der Waals surface area contributed by atoms with E-state index in [9.17, 15) is 0 Å². The number of ether oxygens (including phenoxy) is 1. The molecule has 0 aromatic rings. The fourth-order valence-electron chi connectivity index (χ4n) is 3.02. The summed E-state index contributed by atoms with van der Waals surface area (Å²) in [4.78, 5) is 2.58. The maximum Gasteiger partial charge on any atom is 0.0674 e. The minimum Gasteiger partial charge on any atom is -0.377 e. The molecule has 2 fully saturated rings. The highest BCUT2D eigenvalue weighted by Gasteiger charge is 2.21. The molecule has 0 amide bonds. The molecule has 1 N–H and O–H groups in total. The van der Waals surface area contributed by atoms with E-state index < -0.39 is 0 Å². The number of hydrogen-bond acceptors (Lipinski definition) is 3. The molecular weight excluding hydrogens is 212 g/mol. The predicted octanol–water partition coefficient (Wildman–Crippen LogP) is 2.02. The van der Waals surface area contributed by atoms with E-state index in [2.05, 4.69) is 24.1 Å². The molecule has 2 atom stereocenters. The van der Waals surface area contributed by atoms with Crippen LogP contribution in [-0.2, 0) is 4.74 Å². The average Bonchev–Trinajstić information content (AvgIpc) is 2.74. The normalized spacial score (nSPS) is 30.4. The van der Waals surface area contributed by atoms with Crippen LogP contribution in [0.1, 0.15) is 46.0 Å². The van der Waals surface area contributed by atoms with Gasteiger partial charge in [-0.15, -0.1) is 0 Å². The lowest BCUT2D eigenvalue weighted by molar-refractivity contribution is 0.0618. The third-order valence-electron chi connectivity index (χ3n) is 4.16. The zero-order valence-electron chi connectivity index (χ0n) is 11.5. The molecule has 0 aromatic heterocycles. The van der Waals surface area contributed by atoms with Gasteiger partial charge in [-0.05, 0) is 33.1 Å². The Morgan fingerprint density at radius 3 is 2.82 bits per heavy atom. The Kier molecular flexibility index (Phi) is 5.26. The number of nitrogens with one attached hydrogen (secondary N) is 1. The number of rotatable bonds is 4. The van der Waals surface area contributed by atoms with Gasteiger partial charge < -0.3 is 10.1 Å². The highest BCUT2D eigenvalue weighted by molar-refractivity contribution is 4.79. The highest BCUT2D eigenvalue weighted by atomic mass is 16.5. The third kappa shape index (κ3) is 4.23. The van der Waals surface area contributed by atoms with Crippen molar-refractivity contribution >= 4 is 0 Å². The molecule has 1 aliphatic heterocycles. The van der Waals surface area contributed by atoms with Crippen LogP contribution in [0.3, 0.4) is 0 Å². The quantitative estimate of drug-likeness (QED) is 0.813. The van der Waals surface area contributed by atoms with Crippen molar-refractivity contribution in [1.82, 2.24) is 10.2 Å². The standard InChI is InChI=1S/C14H28N2O/c1-12(10-15-14-6-3-4-7-14)16-8-5-9-17-13(2)11-16/h12-15H,3-11H2,1-2H3. The first-order valence-corrected chi connectivity index (χ1v) is 7.34. The Morgan fingerprint density at radius 1 is 1.29 bits per heavy atom. The minimum absolute atomic E-state index is 0.395. The van der Waals surface area contributed by atoms with Crippen LogP contribution in [-0.4, -0.2) is 49.3 Å².